The van der Waals surface area contributed by atoms with Crippen molar-refractivity contribution in [1.29, 1.82) is 0 Å². The Morgan fingerprint density at radius 3 is 2.84 bits per heavy atom. The van der Waals surface area contributed by atoms with E-state index in [0.29, 0.717) is 29.5 Å². The van der Waals surface area contributed by atoms with Crippen LogP contribution in [0.1, 0.15) is 40.6 Å². The summed E-state index contributed by atoms with van der Waals surface area (Å²) in [7, 11) is -2.18. The van der Waals surface area contributed by atoms with Crippen molar-refractivity contribution < 1.29 is 17.9 Å². The number of sulfonamides is 1. The van der Waals surface area contributed by atoms with E-state index in [2.05, 4.69) is 15.3 Å². The van der Waals surface area contributed by atoms with Crippen LogP contribution < -0.4 is 10.1 Å². The summed E-state index contributed by atoms with van der Waals surface area (Å²) >= 11 is 1.31. The molecule has 1 fully saturated rings. The Bertz CT molecular complexity index is 1200. The van der Waals surface area contributed by atoms with E-state index in [1.165, 1.54) is 15.6 Å². The Kier molecular flexibility index (Phi) is 6.03. The summed E-state index contributed by atoms with van der Waals surface area (Å²) in [5.41, 5.74) is 1.52. The number of carbonyl (C=O) groups excluding carboxylic acids is 1. The van der Waals surface area contributed by atoms with Gasteiger partial charge in [-0.2, -0.15) is 4.31 Å². The minimum absolute atomic E-state index is 0.218. The van der Waals surface area contributed by atoms with E-state index in [4.69, 9.17) is 4.74 Å². The molecule has 0 aliphatic carbocycles. The molecule has 0 radical (unpaired) electrons. The van der Waals surface area contributed by atoms with E-state index >= 15 is 0 Å². The molecule has 1 N–H and O–H groups in total. The molecule has 1 unspecified atom stereocenters. The summed E-state index contributed by atoms with van der Waals surface area (Å²) in [5.74, 6) is 0.257. The fraction of sp³-hybridized carbons (Fsp3) is 0.286. The molecule has 31 heavy (non-hydrogen) atoms. The number of methoxy groups -OCH3 is 1. The van der Waals surface area contributed by atoms with E-state index in [9.17, 15) is 13.2 Å². The zero-order valence-corrected chi connectivity index (χ0v) is 18.7. The van der Waals surface area contributed by atoms with Gasteiger partial charge in [0.25, 0.3) is 5.91 Å². The molecular formula is C21H22N4O4S2. The van der Waals surface area contributed by atoms with Crippen LogP contribution in [0, 0.1) is 6.92 Å². The van der Waals surface area contributed by atoms with E-state index in [-0.39, 0.29) is 16.5 Å². The number of carbonyl (C=O) groups is 1. The second kappa shape index (κ2) is 8.74. The van der Waals surface area contributed by atoms with Crippen LogP contribution in [-0.2, 0) is 10.0 Å². The van der Waals surface area contributed by atoms with Crippen LogP contribution in [0.2, 0.25) is 0 Å². The molecule has 2 aromatic heterocycles. The number of amides is 1. The van der Waals surface area contributed by atoms with Gasteiger partial charge in [0.1, 0.15) is 11.4 Å². The smallest absolute Gasteiger partial charge is 0.276 e. The summed E-state index contributed by atoms with van der Waals surface area (Å²) in [6.45, 7) is 2.21. The summed E-state index contributed by atoms with van der Waals surface area (Å²) in [6.07, 6.45) is 2.96. The lowest BCUT2D eigenvalue weighted by molar-refractivity contribution is 0.102. The molecule has 3 aromatic rings. The van der Waals surface area contributed by atoms with Crippen LogP contribution in [0.3, 0.4) is 0 Å². The fourth-order valence-corrected chi connectivity index (χ4v) is 5.96. The van der Waals surface area contributed by atoms with Gasteiger partial charge in [-0.25, -0.2) is 18.4 Å². The Morgan fingerprint density at radius 1 is 1.29 bits per heavy atom. The fourth-order valence-electron chi connectivity index (χ4n) is 3.68. The number of ether oxygens (including phenoxy) is 1. The lowest BCUT2D eigenvalue weighted by Crippen LogP contribution is -2.31. The molecule has 0 spiro atoms. The number of rotatable bonds is 6. The van der Waals surface area contributed by atoms with E-state index in [1.807, 2.05) is 6.92 Å². The van der Waals surface area contributed by atoms with Gasteiger partial charge in [0.15, 0.2) is 5.13 Å². The number of benzene rings is 1. The number of nitrogens with one attached hydrogen (secondary N) is 1. The summed E-state index contributed by atoms with van der Waals surface area (Å²) < 4.78 is 33.5. The number of aromatic nitrogens is 2. The van der Waals surface area contributed by atoms with E-state index < -0.39 is 16.1 Å². The standard InChI is InChI=1S/C21H22N4O4S2/c1-14-13-15(8-9-19(14)29-2)31(27,28)25-11-4-7-18(25)16-5-3-6-17(23-16)20(26)24-21-22-10-12-30-21/h3,5-6,8-10,12-13,18H,4,7,11H2,1-2H3,(H,22,24,26). The van der Waals surface area contributed by atoms with Gasteiger partial charge in [-0.15, -0.1) is 11.3 Å². The number of hydrogen-bond acceptors (Lipinski definition) is 7. The highest BCUT2D eigenvalue weighted by Crippen LogP contribution is 2.36. The topological polar surface area (TPSA) is 101 Å². The molecule has 0 bridgehead atoms. The van der Waals surface area contributed by atoms with Gasteiger partial charge in [0.2, 0.25) is 10.0 Å². The predicted molar refractivity (Wildman–Crippen MR) is 118 cm³/mol. The number of anilines is 1. The average Bonchev–Trinajstić information content (AvgIpc) is 3.46. The molecule has 8 nitrogen and oxygen atoms in total. The van der Waals surface area contributed by atoms with Crippen molar-refractivity contribution in [2.45, 2.75) is 30.7 Å². The third-order valence-electron chi connectivity index (χ3n) is 5.17. The van der Waals surface area contributed by atoms with E-state index in [1.54, 1.807) is 55.1 Å². The Balaban J connectivity index is 1.61. The monoisotopic (exact) mass is 458 g/mol. The molecular weight excluding hydrogens is 436 g/mol. The lowest BCUT2D eigenvalue weighted by Gasteiger charge is -2.24. The van der Waals surface area contributed by atoms with Gasteiger partial charge in [-0.1, -0.05) is 6.07 Å². The maximum atomic E-state index is 13.4. The van der Waals surface area contributed by atoms with Crippen LogP contribution in [0.5, 0.6) is 5.75 Å². The van der Waals surface area contributed by atoms with Crippen molar-refractivity contribution in [3.8, 4) is 5.75 Å². The highest BCUT2D eigenvalue weighted by molar-refractivity contribution is 7.89. The first-order valence-electron chi connectivity index (χ1n) is 9.74. The minimum Gasteiger partial charge on any atom is -0.496 e. The Morgan fingerprint density at radius 2 is 2.13 bits per heavy atom. The first-order chi connectivity index (χ1) is 14.9. The summed E-state index contributed by atoms with van der Waals surface area (Å²) in [4.78, 5) is 21.3. The van der Waals surface area contributed by atoms with Crippen molar-refractivity contribution in [2.75, 3.05) is 19.0 Å². The van der Waals surface area contributed by atoms with E-state index in [0.717, 1.165) is 12.0 Å². The van der Waals surface area contributed by atoms with Crippen LogP contribution in [-0.4, -0.2) is 42.3 Å². The van der Waals surface area contributed by atoms with Gasteiger partial charge in [0, 0.05) is 18.1 Å². The molecule has 162 valence electrons. The highest BCUT2D eigenvalue weighted by atomic mass is 32.2. The molecule has 1 atom stereocenters. The highest BCUT2D eigenvalue weighted by Gasteiger charge is 2.37. The lowest BCUT2D eigenvalue weighted by atomic mass is 10.1. The van der Waals surface area contributed by atoms with Gasteiger partial charge in [-0.05, 0) is 55.7 Å². The van der Waals surface area contributed by atoms with Crippen molar-refractivity contribution in [1.82, 2.24) is 14.3 Å². The number of nitrogens with zero attached hydrogens (tertiary/aromatic N) is 3. The Hall–Kier alpha value is -2.82. The second-order valence-corrected chi connectivity index (χ2v) is 9.93. The molecule has 10 heteroatoms. The molecule has 1 saturated heterocycles. The molecule has 4 rings (SSSR count). The third-order valence-corrected chi connectivity index (χ3v) is 7.77. The summed E-state index contributed by atoms with van der Waals surface area (Å²) in [5, 5.41) is 4.95. The van der Waals surface area contributed by atoms with Crippen molar-refractivity contribution in [2.24, 2.45) is 0 Å². The van der Waals surface area contributed by atoms with Crippen LogP contribution in [0.4, 0.5) is 5.13 Å². The van der Waals surface area contributed by atoms with Gasteiger partial charge >= 0.3 is 0 Å². The number of hydrogen-bond donors (Lipinski definition) is 1. The van der Waals surface area contributed by atoms with Crippen molar-refractivity contribution >= 4 is 32.4 Å². The zero-order valence-electron chi connectivity index (χ0n) is 17.1. The maximum absolute atomic E-state index is 13.4. The normalized spacial score (nSPS) is 16.9. The number of aryl methyl sites for hydroxylation is 1. The largest absolute Gasteiger partial charge is 0.496 e. The van der Waals surface area contributed by atoms with Crippen LogP contribution >= 0.6 is 11.3 Å². The second-order valence-electron chi connectivity index (χ2n) is 7.14. The van der Waals surface area contributed by atoms with Gasteiger partial charge in [0.05, 0.1) is 23.7 Å². The quantitative estimate of drug-likeness (QED) is 0.605. The predicted octanol–water partition coefficient (Wildman–Crippen LogP) is 3.63. The first kappa shape index (κ1) is 21.4. The van der Waals surface area contributed by atoms with Crippen LogP contribution in [0.25, 0.3) is 0 Å². The number of pyridine rings is 1. The molecule has 3 heterocycles. The minimum atomic E-state index is -3.73. The first-order valence-corrected chi connectivity index (χ1v) is 12.1. The van der Waals surface area contributed by atoms with Gasteiger partial charge in [-0.3, -0.25) is 10.1 Å². The molecule has 1 aliphatic heterocycles. The third kappa shape index (κ3) is 4.32. The van der Waals surface area contributed by atoms with Crippen molar-refractivity contribution in [3.63, 3.8) is 0 Å². The maximum Gasteiger partial charge on any atom is 0.276 e. The average molecular weight is 459 g/mol. The molecule has 1 aliphatic rings. The molecule has 1 aromatic carbocycles. The number of thiazole rings is 1. The van der Waals surface area contributed by atoms with Crippen LogP contribution in [0.15, 0.2) is 52.9 Å². The Labute approximate surface area is 185 Å². The summed E-state index contributed by atoms with van der Waals surface area (Å²) in [6, 6.07) is 9.50. The van der Waals surface area contributed by atoms with Crippen molar-refractivity contribution in [3.05, 3.63) is 64.9 Å². The molecule has 1 amide bonds. The zero-order chi connectivity index (χ0) is 22.0. The molecule has 0 saturated carbocycles. The SMILES string of the molecule is COc1ccc(S(=O)(=O)N2CCCC2c2cccc(C(=O)Nc3nccs3)n2)cc1C. The van der Waals surface area contributed by atoms with Gasteiger partial charge < -0.3 is 4.74 Å².